The van der Waals surface area contributed by atoms with E-state index in [1.807, 2.05) is 12.1 Å². The van der Waals surface area contributed by atoms with Gasteiger partial charge in [-0.2, -0.15) is 5.10 Å². The van der Waals surface area contributed by atoms with Crippen LogP contribution in [0.2, 0.25) is 10.0 Å². The second-order valence-corrected chi connectivity index (χ2v) is 6.82. The molecule has 1 N–H and O–H groups in total. The van der Waals surface area contributed by atoms with Crippen LogP contribution in [0.4, 0.5) is 10.1 Å². The van der Waals surface area contributed by atoms with E-state index in [1.165, 1.54) is 10.9 Å². The summed E-state index contributed by atoms with van der Waals surface area (Å²) in [6, 6.07) is 12.2. The van der Waals surface area contributed by atoms with Gasteiger partial charge in [0.25, 0.3) is 5.91 Å². The molecular weight excluding hydrogens is 400 g/mol. The molecule has 0 aliphatic carbocycles. The van der Waals surface area contributed by atoms with Gasteiger partial charge in [-0.05, 0) is 29.8 Å². The monoisotopic (exact) mass is 411 g/mol. The molecule has 0 saturated heterocycles. The van der Waals surface area contributed by atoms with Crippen LogP contribution in [0.1, 0.15) is 21.7 Å². The van der Waals surface area contributed by atoms with Crippen molar-refractivity contribution in [2.45, 2.75) is 5.63 Å². The molecule has 3 aromatic rings. The molecule has 1 heterocycles. The van der Waals surface area contributed by atoms with E-state index < -0.39 is 11.5 Å². The first-order valence-corrected chi connectivity index (χ1v) is 8.73. The van der Waals surface area contributed by atoms with Gasteiger partial charge in [0.15, 0.2) is 0 Å². The molecule has 0 aliphatic heterocycles. The number of hydrogen-bond acceptors (Lipinski definition) is 2. The Hall–Kier alpha value is -2.08. The lowest BCUT2D eigenvalue weighted by Crippen LogP contribution is -2.14. The van der Waals surface area contributed by atoms with Gasteiger partial charge >= 0.3 is 0 Å². The number of hydrogen-bond donors (Lipinski definition) is 1. The summed E-state index contributed by atoms with van der Waals surface area (Å²) in [5.74, 6) is -0.517. The molecule has 1 atom stereocenters. The van der Waals surface area contributed by atoms with E-state index in [0.29, 0.717) is 15.7 Å². The molecule has 0 radical (unpaired) electrons. The molecule has 3 rings (SSSR count). The van der Waals surface area contributed by atoms with Crippen LogP contribution in [0.25, 0.3) is 11.1 Å². The summed E-state index contributed by atoms with van der Waals surface area (Å²) in [6.07, 6.45) is 1.42. The summed E-state index contributed by atoms with van der Waals surface area (Å²) in [6.45, 7) is 0. The molecule has 4 nitrogen and oxygen atoms in total. The summed E-state index contributed by atoms with van der Waals surface area (Å²) in [5, 5.41) is 7.61. The molecular formula is C18H13Cl3FN3O. The smallest absolute Gasteiger partial charge is 0.259 e. The summed E-state index contributed by atoms with van der Waals surface area (Å²) in [4.78, 5) is 12.6. The van der Waals surface area contributed by atoms with E-state index in [-0.39, 0.29) is 11.3 Å². The minimum atomic E-state index is -1.88. The third-order valence-corrected chi connectivity index (χ3v) is 4.30. The molecule has 8 heteroatoms. The Bertz CT molecular complexity index is 952. The number of anilines is 1. The highest BCUT2D eigenvalue weighted by Crippen LogP contribution is 2.33. The average Bonchev–Trinajstić information content (AvgIpc) is 2.97. The fourth-order valence-electron chi connectivity index (χ4n) is 2.58. The number of aromatic nitrogens is 2. The lowest BCUT2D eigenvalue weighted by atomic mass is 10.0. The van der Waals surface area contributed by atoms with Crippen LogP contribution in [0.15, 0.2) is 48.7 Å². The SMILES string of the molecule is Cn1cc(C(=O)Nc2ccccc2-c2cc(Cl)cc(Cl)c2)c(C(F)Cl)n1. The maximum absolute atomic E-state index is 13.5. The molecule has 26 heavy (non-hydrogen) atoms. The van der Waals surface area contributed by atoms with Crippen molar-refractivity contribution in [3.05, 3.63) is 70.0 Å². The van der Waals surface area contributed by atoms with Gasteiger partial charge in [0, 0.05) is 34.5 Å². The van der Waals surface area contributed by atoms with Crippen molar-refractivity contribution in [2.24, 2.45) is 7.05 Å². The minimum absolute atomic E-state index is 0.0638. The molecule has 1 aromatic heterocycles. The van der Waals surface area contributed by atoms with Crippen LogP contribution in [0.3, 0.4) is 0 Å². The van der Waals surface area contributed by atoms with E-state index in [1.54, 1.807) is 37.4 Å². The summed E-state index contributed by atoms with van der Waals surface area (Å²) >= 11 is 17.6. The Labute approximate surface area is 164 Å². The highest BCUT2D eigenvalue weighted by Gasteiger charge is 2.22. The van der Waals surface area contributed by atoms with Gasteiger partial charge < -0.3 is 5.32 Å². The Morgan fingerprint density at radius 1 is 1.19 bits per heavy atom. The van der Waals surface area contributed by atoms with Gasteiger partial charge in [0.1, 0.15) is 5.69 Å². The second kappa shape index (κ2) is 7.66. The van der Waals surface area contributed by atoms with Crippen molar-refractivity contribution >= 4 is 46.4 Å². The normalized spacial score (nSPS) is 12.0. The lowest BCUT2D eigenvalue weighted by Gasteiger charge is -2.12. The zero-order chi connectivity index (χ0) is 18.8. The third kappa shape index (κ3) is 4.01. The number of para-hydroxylation sites is 1. The Balaban J connectivity index is 1.98. The van der Waals surface area contributed by atoms with Gasteiger partial charge in [0.05, 0.1) is 5.56 Å². The maximum Gasteiger partial charge on any atom is 0.259 e. The molecule has 0 spiro atoms. The molecule has 0 fully saturated rings. The number of aryl methyl sites for hydroxylation is 1. The number of nitrogens with one attached hydrogen (secondary N) is 1. The largest absolute Gasteiger partial charge is 0.321 e. The molecule has 1 amide bonds. The van der Waals surface area contributed by atoms with Crippen molar-refractivity contribution in [3.8, 4) is 11.1 Å². The molecule has 0 aliphatic rings. The summed E-state index contributed by atoms with van der Waals surface area (Å²) in [7, 11) is 1.58. The van der Waals surface area contributed by atoms with Gasteiger partial charge in [-0.15, -0.1) is 0 Å². The minimum Gasteiger partial charge on any atom is -0.321 e. The summed E-state index contributed by atoms with van der Waals surface area (Å²) in [5.41, 5.74) is 0.0438. The van der Waals surface area contributed by atoms with Crippen LogP contribution >= 0.6 is 34.8 Å². The van der Waals surface area contributed by atoms with Crippen LogP contribution < -0.4 is 5.32 Å². The van der Waals surface area contributed by atoms with E-state index in [4.69, 9.17) is 34.8 Å². The lowest BCUT2D eigenvalue weighted by molar-refractivity contribution is 0.102. The topological polar surface area (TPSA) is 46.9 Å². The predicted molar refractivity (Wildman–Crippen MR) is 103 cm³/mol. The first-order chi connectivity index (χ1) is 12.3. The van der Waals surface area contributed by atoms with Crippen LogP contribution in [-0.4, -0.2) is 15.7 Å². The first kappa shape index (κ1) is 18.7. The highest BCUT2D eigenvalue weighted by molar-refractivity contribution is 6.35. The number of benzene rings is 2. The van der Waals surface area contributed by atoms with Crippen molar-refractivity contribution in [3.63, 3.8) is 0 Å². The predicted octanol–water partition coefficient (Wildman–Crippen LogP) is 5.85. The van der Waals surface area contributed by atoms with Crippen molar-refractivity contribution in [2.75, 3.05) is 5.32 Å². The number of amides is 1. The van der Waals surface area contributed by atoms with E-state index in [9.17, 15) is 9.18 Å². The third-order valence-electron chi connectivity index (χ3n) is 3.66. The number of halogens is 4. The number of nitrogens with zero attached hydrogens (tertiary/aromatic N) is 2. The Morgan fingerprint density at radius 3 is 2.50 bits per heavy atom. The standard InChI is InChI=1S/C18H13Cl3FN3O/c1-25-9-14(16(24-25)17(21)22)18(26)23-15-5-3-2-4-13(15)10-6-11(19)8-12(20)7-10/h2-9,17H,1H3,(H,23,26). The summed E-state index contributed by atoms with van der Waals surface area (Å²) < 4.78 is 14.9. The quantitative estimate of drug-likeness (QED) is 0.546. The molecule has 0 saturated carbocycles. The Morgan fingerprint density at radius 2 is 1.85 bits per heavy atom. The molecule has 134 valence electrons. The van der Waals surface area contributed by atoms with Crippen molar-refractivity contribution in [1.29, 1.82) is 0 Å². The molecule has 1 unspecified atom stereocenters. The van der Waals surface area contributed by atoms with E-state index in [2.05, 4.69) is 10.4 Å². The van der Waals surface area contributed by atoms with Gasteiger partial charge in [-0.1, -0.05) is 53.0 Å². The van der Waals surface area contributed by atoms with Gasteiger partial charge in [-0.3, -0.25) is 9.48 Å². The number of carbonyl (C=O) groups is 1. The molecule has 2 aromatic carbocycles. The molecule has 0 bridgehead atoms. The van der Waals surface area contributed by atoms with Crippen molar-refractivity contribution in [1.82, 2.24) is 9.78 Å². The Kier molecular flexibility index (Phi) is 5.51. The van der Waals surface area contributed by atoms with Crippen LogP contribution in [-0.2, 0) is 7.05 Å². The fourth-order valence-corrected chi connectivity index (χ4v) is 3.27. The van der Waals surface area contributed by atoms with E-state index >= 15 is 0 Å². The fraction of sp³-hybridized carbons (Fsp3) is 0.111. The maximum atomic E-state index is 13.5. The second-order valence-electron chi connectivity index (χ2n) is 5.56. The van der Waals surface area contributed by atoms with E-state index in [0.717, 1.165) is 11.1 Å². The van der Waals surface area contributed by atoms with Gasteiger partial charge in [0.2, 0.25) is 5.63 Å². The number of carbonyl (C=O) groups excluding carboxylic acids is 1. The zero-order valence-electron chi connectivity index (χ0n) is 13.5. The zero-order valence-corrected chi connectivity index (χ0v) is 15.8. The highest BCUT2D eigenvalue weighted by atomic mass is 35.5. The van der Waals surface area contributed by atoms with Gasteiger partial charge in [-0.25, -0.2) is 4.39 Å². The number of rotatable bonds is 4. The van der Waals surface area contributed by atoms with Crippen molar-refractivity contribution < 1.29 is 9.18 Å². The van der Waals surface area contributed by atoms with Crippen LogP contribution in [0, 0.1) is 0 Å². The number of alkyl halides is 2. The average molecular weight is 413 g/mol. The first-order valence-electron chi connectivity index (χ1n) is 7.53. The van der Waals surface area contributed by atoms with Crippen LogP contribution in [0.5, 0.6) is 0 Å².